The molecule has 0 bridgehead atoms. The molecule has 0 atom stereocenters. The predicted octanol–water partition coefficient (Wildman–Crippen LogP) is 2.79. The van der Waals surface area contributed by atoms with Gasteiger partial charge in [0.1, 0.15) is 0 Å². The Hall–Kier alpha value is -1.85. The Morgan fingerprint density at radius 1 is 1.12 bits per heavy atom. The molecular weight excluding hydrogens is 301 g/mol. The summed E-state index contributed by atoms with van der Waals surface area (Å²) in [5, 5.41) is 1.64. The second kappa shape index (κ2) is 5.07. The van der Waals surface area contributed by atoms with Gasteiger partial charge in [-0.15, -0.1) is 0 Å². The van der Waals surface area contributed by atoms with Crippen LogP contribution in [0.1, 0.15) is 45.4 Å². The van der Waals surface area contributed by atoms with Crippen LogP contribution in [0.2, 0.25) is 0 Å². The fourth-order valence-electron chi connectivity index (χ4n) is 3.46. The van der Waals surface area contributed by atoms with E-state index in [1.807, 2.05) is 45.9 Å². The zero-order chi connectivity index (χ0) is 17.1. The molecule has 0 amide bonds. The molecule has 4 nitrogen and oxygen atoms in total. The van der Waals surface area contributed by atoms with Gasteiger partial charge >= 0.3 is 7.12 Å². The Kier molecular flexibility index (Phi) is 3.31. The van der Waals surface area contributed by atoms with Gasteiger partial charge in [0.05, 0.1) is 11.2 Å². The van der Waals surface area contributed by atoms with Crippen molar-refractivity contribution >= 4 is 29.4 Å². The molecule has 2 heterocycles. The van der Waals surface area contributed by atoms with E-state index in [1.165, 1.54) is 0 Å². The molecule has 2 aromatic rings. The maximum absolute atomic E-state index is 12.5. The van der Waals surface area contributed by atoms with Gasteiger partial charge in [-0.3, -0.25) is 4.79 Å². The number of nitrogens with one attached hydrogen (secondary N) is 1. The minimum atomic E-state index is -0.472. The van der Waals surface area contributed by atoms with Crippen LogP contribution in [0.3, 0.4) is 0 Å². The zero-order valence-corrected chi connectivity index (χ0v) is 14.6. The summed E-state index contributed by atoms with van der Waals surface area (Å²) < 4.78 is 12.5. The number of allylic oxidation sites excluding steroid dienone is 1. The fourth-order valence-corrected chi connectivity index (χ4v) is 3.46. The molecule has 1 saturated heterocycles. The highest BCUT2D eigenvalue weighted by atomic mass is 16.7. The molecule has 0 unspecified atom stereocenters. The van der Waals surface area contributed by atoms with Gasteiger partial charge in [-0.1, -0.05) is 24.3 Å². The smallest absolute Gasteiger partial charge is 0.399 e. The normalized spacial score (nSPS) is 21.2. The van der Waals surface area contributed by atoms with E-state index in [-0.39, 0.29) is 5.56 Å². The molecule has 1 aliphatic heterocycles. The summed E-state index contributed by atoms with van der Waals surface area (Å²) in [6.07, 6.45) is 6.06. The number of fused-ring (bicyclic) bond motifs is 3. The molecule has 0 radical (unpaired) electrons. The summed E-state index contributed by atoms with van der Waals surface area (Å²) in [6.45, 7) is 8.17. The van der Waals surface area contributed by atoms with Gasteiger partial charge in [0.2, 0.25) is 0 Å². The number of hydrogen-bond donors (Lipinski definition) is 1. The van der Waals surface area contributed by atoms with Gasteiger partial charge in [-0.05, 0) is 57.5 Å². The Morgan fingerprint density at radius 3 is 2.54 bits per heavy atom. The standard InChI is InChI=1S/C19H22BNO3/c1-18(2)19(3,4)24-20(23-18)14-10-7-9-13-16(14)12-8-5-6-11-15(12)21-17(13)22/h5,7-10H,6,11H2,1-4H3,(H,21,22). The number of rotatable bonds is 1. The number of aromatic amines is 1. The second-order valence-electron chi connectivity index (χ2n) is 7.65. The van der Waals surface area contributed by atoms with Crippen molar-refractivity contribution in [2.45, 2.75) is 51.7 Å². The highest BCUT2D eigenvalue weighted by Gasteiger charge is 2.52. The summed E-state index contributed by atoms with van der Waals surface area (Å²) in [5.74, 6) is 0. The molecule has 2 aliphatic rings. The quantitative estimate of drug-likeness (QED) is 0.821. The molecule has 0 spiro atoms. The average Bonchev–Trinajstić information content (AvgIpc) is 2.75. The highest BCUT2D eigenvalue weighted by molar-refractivity contribution is 6.65. The van der Waals surface area contributed by atoms with E-state index < -0.39 is 18.3 Å². The van der Waals surface area contributed by atoms with Gasteiger partial charge in [-0.25, -0.2) is 0 Å². The molecule has 1 aliphatic carbocycles. The van der Waals surface area contributed by atoms with Gasteiger partial charge < -0.3 is 14.3 Å². The summed E-state index contributed by atoms with van der Waals surface area (Å²) in [5.41, 5.74) is 2.16. The largest absolute Gasteiger partial charge is 0.495 e. The van der Waals surface area contributed by atoms with E-state index in [1.54, 1.807) is 0 Å². The number of pyridine rings is 1. The summed E-state index contributed by atoms with van der Waals surface area (Å²) in [4.78, 5) is 15.5. The highest BCUT2D eigenvalue weighted by Crippen LogP contribution is 2.37. The summed E-state index contributed by atoms with van der Waals surface area (Å²) in [7, 11) is -0.472. The van der Waals surface area contributed by atoms with E-state index >= 15 is 0 Å². The summed E-state index contributed by atoms with van der Waals surface area (Å²) in [6, 6.07) is 5.77. The molecule has 1 fully saturated rings. The molecular formula is C19H22BNO3. The van der Waals surface area contributed by atoms with Gasteiger partial charge in [0.25, 0.3) is 5.56 Å². The lowest BCUT2D eigenvalue weighted by molar-refractivity contribution is 0.00578. The van der Waals surface area contributed by atoms with Gasteiger partial charge in [-0.2, -0.15) is 0 Å². The first-order valence-electron chi connectivity index (χ1n) is 8.50. The fraction of sp³-hybridized carbons (Fsp3) is 0.421. The van der Waals surface area contributed by atoms with Crippen LogP contribution in [-0.2, 0) is 15.7 Å². The van der Waals surface area contributed by atoms with E-state index in [9.17, 15) is 4.79 Å². The lowest BCUT2D eigenvalue weighted by atomic mass is 9.74. The van der Waals surface area contributed by atoms with Crippen LogP contribution >= 0.6 is 0 Å². The first-order valence-corrected chi connectivity index (χ1v) is 8.50. The molecule has 4 rings (SSSR count). The van der Waals surface area contributed by atoms with Crippen LogP contribution in [-0.4, -0.2) is 23.3 Å². The minimum Gasteiger partial charge on any atom is -0.399 e. The van der Waals surface area contributed by atoms with Crippen LogP contribution in [0.5, 0.6) is 0 Å². The SMILES string of the molecule is CC1(C)OB(c2cccc3c(=O)[nH]c4c(c23)C=CCC4)OC1(C)C. The predicted molar refractivity (Wildman–Crippen MR) is 97.6 cm³/mol. The van der Waals surface area contributed by atoms with Crippen molar-refractivity contribution in [3.63, 3.8) is 0 Å². The van der Waals surface area contributed by atoms with E-state index in [2.05, 4.69) is 17.1 Å². The first-order chi connectivity index (χ1) is 11.3. The monoisotopic (exact) mass is 323 g/mol. The Balaban J connectivity index is 1.97. The molecule has 5 heteroatoms. The van der Waals surface area contributed by atoms with Crippen molar-refractivity contribution in [1.29, 1.82) is 0 Å². The Labute approximate surface area is 142 Å². The van der Waals surface area contributed by atoms with Crippen LogP contribution in [0.4, 0.5) is 0 Å². The minimum absolute atomic E-state index is 0.0441. The molecule has 24 heavy (non-hydrogen) atoms. The number of benzene rings is 1. The second-order valence-corrected chi connectivity index (χ2v) is 7.65. The van der Waals surface area contributed by atoms with Crippen molar-refractivity contribution in [2.75, 3.05) is 0 Å². The van der Waals surface area contributed by atoms with Crippen LogP contribution in [0.25, 0.3) is 16.8 Å². The Bertz CT molecular complexity index is 895. The topological polar surface area (TPSA) is 51.3 Å². The molecule has 1 aromatic carbocycles. The zero-order valence-electron chi connectivity index (χ0n) is 14.6. The van der Waals surface area contributed by atoms with Crippen LogP contribution in [0.15, 0.2) is 29.1 Å². The average molecular weight is 323 g/mol. The maximum atomic E-state index is 12.5. The maximum Gasteiger partial charge on any atom is 0.495 e. The van der Waals surface area contributed by atoms with Crippen molar-refractivity contribution in [3.05, 3.63) is 45.9 Å². The lowest BCUT2D eigenvalue weighted by Crippen LogP contribution is -2.41. The first kappa shape index (κ1) is 15.7. The molecule has 1 N–H and O–H groups in total. The van der Waals surface area contributed by atoms with Gasteiger partial charge in [0, 0.05) is 16.6 Å². The number of aryl methyl sites for hydroxylation is 1. The summed E-state index contributed by atoms with van der Waals surface area (Å²) >= 11 is 0. The third-order valence-electron chi connectivity index (χ3n) is 5.55. The third kappa shape index (κ3) is 2.19. The van der Waals surface area contributed by atoms with Crippen LogP contribution in [0, 0.1) is 0 Å². The Morgan fingerprint density at radius 2 is 1.83 bits per heavy atom. The lowest BCUT2D eigenvalue weighted by Gasteiger charge is -2.32. The van der Waals surface area contributed by atoms with Crippen molar-refractivity contribution < 1.29 is 9.31 Å². The van der Waals surface area contributed by atoms with E-state index in [4.69, 9.17) is 9.31 Å². The van der Waals surface area contributed by atoms with Crippen molar-refractivity contribution in [2.24, 2.45) is 0 Å². The van der Waals surface area contributed by atoms with Crippen molar-refractivity contribution in [3.8, 4) is 0 Å². The molecule has 124 valence electrons. The van der Waals surface area contributed by atoms with Crippen molar-refractivity contribution in [1.82, 2.24) is 4.98 Å². The molecule has 1 aromatic heterocycles. The number of hydrogen-bond acceptors (Lipinski definition) is 3. The van der Waals surface area contributed by atoms with E-state index in [0.717, 1.165) is 34.9 Å². The van der Waals surface area contributed by atoms with Gasteiger partial charge in [0.15, 0.2) is 0 Å². The van der Waals surface area contributed by atoms with Crippen LogP contribution < -0.4 is 11.0 Å². The third-order valence-corrected chi connectivity index (χ3v) is 5.55. The number of aromatic nitrogens is 1. The van der Waals surface area contributed by atoms with E-state index in [0.29, 0.717) is 5.39 Å². The number of H-pyrrole nitrogens is 1. The molecule has 0 saturated carbocycles.